The molecule has 0 saturated carbocycles. The highest BCUT2D eigenvalue weighted by molar-refractivity contribution is 7.89. The first-order valence-corrected chi connectivity index (χ1v) is 10.1. The van der Waals surface area contributed by atoms with Gasteiger partial charge in [0.1, 0.15) is 0 Å². The van der Waals surface area contributed by atoms with E-state index in [1.807, 2.05) is 19.9 Å². The topological polar surface area (TPSA) is 49.4 Å². The first kappa shape index (κ1) is 18.4. The van der Waals surface area contributed by atoms with E-state index in [0.29, 0.717) is 23.4 Å². The van der Waals surface area contributed by atoms with Crippen molar-refractivity contribution in [2.45, 2.75) is 57.9 Å². The molecule has 1 unspecified atom stereocenters. The van der Waals surface area contributed by atoms with Crippen LogP contribution in [0.1, 0.15) is 44.2 Å². The molecule has 1 fully saturated rings. The summed E-state index contributed by atoms with van der Waals surface area (Å²) in [4.78, 5) is 2.80. The molecule has 1 aliphatic rings. The third-order valence-electron chi connectivity index (χ3n) is 4.70. The maximum absolute atomic E-state index is 12.6. The molecule has 1 N–H and O–H groups in total. The predicted octanol–water partition coefficient (Wildman–Crippen LogP) is 3.09. The Bertz CT molecular complexity index is 620. The van der Waals surface area contributed by atoms with E-state index in [9.17, 15) is 8.42 Å². The van der Waals surface area contributed by atoms with Gasteiger partial charge >= 0.3 is 0 Å². The highest BCUT2D eigenvalue weighted by atomic mass is 32.2. The molecular weight excluding hydrogens is 308 g/mol. The average molecular weight is 339 g/mol. The van der Waals surface area contributed by atoms with Gasteiger partial charge in [-0.2, -0.15) is 0 Å². The lowest BCUT2D eigenvalue weighted by Gasteiger charge is -2.29. The van der Waals surface area contributed by atoms with Crippen molar-refractivity contribution in [1.82, 2.24) is 9.62 Å². The molecule has 1 aromatic carbocycles. The second-order valence-electron chi connectivity index (χ2n) is 7.12. The van der Waals surface area contributed by atoms with Gasteiger partial charge in [-0.25, -0.2) is 13.1 Å². The summed E-state index contributed by atoms with van der Waals surface area (Å²) in [7, 11) is -3.44. The van der Waals surface area contributed by atoms with Crippen molar-refractivity contribution in [2.24, 2.45) is 5.92 Å². The Kier molecular flexibility index (Phi) is 6.23. The van der Waals surface area contributed by atoms with Gasteiger partial charge in [-0.3, -0.25) is 4.90 Å². The van der Waals surface area contributed by atoms with Crippen LogP contribution in [0.5, 0.6) is 0 Å². The van der Waals surface area contributed by atoms with E-state index in [1.54, 1.807) is 12.1 Å². The third kappa shape index (κ3) is 5.03. The van der Waals surface area contributed by atoms with E-state index in [1.165, 1.54) is 12.8 Å². The molecule has 0 radical (unpaired) electrons. The standard InChI is InChI=1S/C18H30N2O2S/c1-14(2)11-17(20-9-5-6-10-20)13-19-23(21,22)18-8-7-15(3)16(4)12-18/h7-8,12,14,17,19H,5-6,9-11,13H2,1-4H3. The molecule has 23 heavy (non-hydrogen) atoms. The van der Waals surface area contributed by atoms with Crippen LogP contribution in [-0.2, 0) is 10.0 Å². The van der Waals surface area contributed by atoms with E-state index in [0.717, 1.165) is 30.6 Å². The molecule has 1 aromatic rings. The molecule has 5 heteroatoms. The smallest absolute Gasteiger partial charge is 0.240 e. The van der Waals surface area contributed by atoms with Crippen LogP contribution >= 0.6 is 0 Å². The van der Waals surface area contributed by atoms with Crippen molar-refractivity contribution in [3.8, 4) is 0 Å². The minimum atomic E-state index is -3.44. The molecule has 2 rings (SSSR count). The zero-order chi connectivity index (χ0) is 17.0. The van der Waals surface area contributed by atoms with Crippen molar-refractivity contribution >= 4 is 10.0 Å². The second kappa shape index (κ2) is 7.77. The summed E-state index contributed by atoms with van der Waals surface area (Å²) in [5.41, 5.74) is 2.12. The Morgan fingerprint density at radius 2 is 1.78 bits per heavy atom. The molecule has 130 valence electrons. The second-order valence-corrected chi connectivity index (χ2v) is 8.89. The van der Waals surface area contributed by atoms with E-state index in [-0.39, 0.29) is 0 Å². The SMILES string of the molecule is Cc1ccc(S(=O)(=O)NCC(CC(C)C)N2CCCC2)cc1C. The van der Waals surface area contributed by atoms with Crippen LogP contribution in [0.2, 0.25) is 0 Å². The summed E-state index contributed by atoms with van der Waals surface area (Å²) >= 11 is 0. The Labute approximate surface area is 141 Å². The first-order chi connectivity index (χ1) is 10.8. The van der Waals surface area contributed by atoms with Crippen LogP contribution in [0.4, 0.5) is 0 Å². The lowest BCUT2D eigenvalue weighted by atomic mass is 10.0. The lowest BCUT2D eigenvalue weighted by molar-refractivity contribution is 0.214. The monoisotopic (exact) mass is 338 g/mol. The molecule has 0 spiro atoms. The van der Waals surface area contributed by atoms with E-state index in [4.69, 9.17) is 0 Å². The number of likely N-dealkylation sites (tertiary alicyclic amines) is 1. The Morgan fingerprint density at radius 1 is 1.13 bits per heavy atom. The van der Waals surface area contributed by atoms with Crippen LogP contribution in [0.15, 0.2) is 23.1 Å². The van der Waals surface area contributed by atoms with Gasteiger partial charge in [0, 0.05) is 12.6 Å². The fourth-order valence-corrected chi connectivity index (χ4v) is 4.34. The number of benzene rings is 1. The largest absolute Gasteiger partial charge is 0.299 e. The number of nitrogens with zero attached hydrogens (tertiary/aromatic N) is 1. The predicted molar refractivity (Wildman–Crippen MR) is 95.2 cm³/mol. The van der Waals surface area contributed by atoms with Gasteiger partial charge in [0.05, 0.1) is 4.90 Å². The fraction of sp³-hybridized carbons (Fsp3) is 0.667. The van der Waals surface area contributed by atoms with Gasteiger partial charge in [0.15, 0.2) is 0 Å². The normalized spacial score (nSPS) is 17.8. The minimum absolute atomic E-state index is 0.291. The average Bonchev–Trinajstić information content (AvgIpc) is 3.00. The van der Waals surface area contributed by atoms with Crippen molar-refractivity contribution in [3.05, 3.63) is 29.3 Å². The van der Waals surface area contributed by atoms with Gasteiger partial charge in [-0.05, 0) is 75.4 Å². The molecule has 0 amide bonds. The number of rotatable bonds is 7. The first-order valence-electron chi connectivity index (χ1n) is 8.60. The van der Waals surface area contributed by atoms with Gasteiger partial charge in [0.2, 0.25) is 10.0 Å². The van der Waals surface area contributed by atoms with Gasteiger partial charge in [0.25, 0.3) is 0 Å². The molecule has 0 aromatic heterocycles. The van der Waals surface area contributed by atoms with Crippen LogP contribution in [0.3, 0.4) is 0 Å². The summed E-state index contributed by atoms with van der Waals surface area (Å²) in [6, 6.07) is 5.61. The third-order valence-corrected chi connectivity index (χ3v) is 6.12. The van der Waals surface area contributed by atoms with Crippen LogP contribution in [0, 0.1) is 19.8 Å². The Morgan fingerprint density at radius 3 is 2.35 bits per heavy atom. The molecule has 1 aliphatic heterocycles. The Balaban J connectivity index is 2.07. The van der Waals surface area contributed by atoms with Gasteiger partial charge < -0.3 is 0 Å². The molecule has 0 aliphatic carbocycles. The highest BCUT2D eigenvalue weighted by Crippen LogP contribution is 2.19. The number of nitrogens with one attached hydrogen (secondary N) is 1. The maximum Gasteiger partial charge on any atom is 0.240 e. The summed E-state index contributed by atoms with van der Waals surface area (Å²) in [5, 5.41) is 0. The number of hydrogen-bond donors (Lipinski definition) is 1. The van der Waals surface area contributed by atoms with Crippen molar-refractivity contribution < 1.29 is 8.42 Å². The highest BCUT2D eigenvalue weighted by Gasteiger charge is 2.25. The summed E-state index contributed by atoms with van der Waals surface area (Å²) in [6.07, 6.45) is 3.46. The lowest BCUT2D eigenvalue weighted by Crippen LogP contribution is -2.43. The van der Waals surface area contributed by atoms with Crippen molar-refractivity contribution in [2.75, 3.05) is 19.6 Å². The maximum atomic E-state index is 12.6. The van der Waals surface area contributed by atoms with Crippen molar-refractivity contribution in [3.63, 3.8) is 0 Å². The van der Waals surface area contributed by atoms with Gasteiger partial charge in [-0.15, -0.1) is 0 Å². The number of hydrogen-bond acceptors (Lipinski definition) is 3. The molecule has 0 bridgehead atoms. The molecule has 1 heterocycles. The minimum Gasteiger partial charge on any atom is -0.299 e. The molecule has 1 saturated heterocycles. The summed E-state index contributed by atoms with van der Waals surface area (Å²) < 4.78 is 28.0. The van der Waals surface area contributed by atoms with Crippen LogP contribution < -0.4 is 4.72 Å². The van der Waals surface area contributed by atoms with Gasteiger partial charge in [-0.1, -0.05) is 19.9 Å². The molecule has 1 atom stereocenters. The van der Waals surface area contributed by atoms with Crippen LogP contribution in [-0.4, -0.2) is 39.0 Å². The zero-order valence-electron chi connectivity index (χ0n) is 14.8. The molecule has 4 nitrogen and oxygen atoms in total. The quantitative estimate of drug-likeness (QED) is 0.831. The Hall–Kier alpha value is -0.910. The van der Waals surface area contributed by atoms with E-state index in [2.05, 4.69) is 23.5 Å². The number of sulfonamides is 1. The fourth-order valence-electron chi connectivity index (χ4n) is 3.18. The van der Waals surface area contributed by atoms with E-state index >= 15 is 0 Å². The number of aryl methyl sites for hydroxylation is 2. The molecular formula is C18H30N2O2S. The summed E-state index contributed by atoms with van der Waals surface area (Å²) in [5.74, 6) is 0.562. The summed E-state index contributed by atoms with van der Waals surface area (Å²) in [6.45, 7) is 11.0. The zero-order valence-corrected chi connectivity index (χ0v) is 15.6. The van der Waals surface area contributed by atoms with Crippen LogP contribution in [0.25, 0.3) is 0 Å². The van der Waals surface area contributed by atoms with E-state index < -0.39 is 10.0 Å². The van der Waals surface area contributed by atoms with Crippen molar-refractivity contribution in [1.29, 1.82) is 0 Å².